The average molecular weight is 377 g/mol. The Morgan fingerprint density at radius 2 is 1.68 bits per heavy atom. The highest BCUT2D eigenvalue weighted by atomic mass is 32.2. The molecule has 0 radical (unpaired) electrons. The summed E-state index contributed by atoms with van der Waals surface area (Å²) in [6.07, 6.45) is 5.43. The first-order chi connectivity index (χ1) is 11.9. The van der Waals surface area contributed by atoms with Crippen LogP contribution in [0, 0.1) is 0 Å². The number of rotatable bonds is 6. The van der Waals surface area contributed by atoms with Crippen LogP contribution in [0.3, 0.4) is 0 Å². The number of aromatic nitrogens is 2. The molecule has 0 aliphatic carbocycles. The molecule has 25 heavy (non-hydrogen) atoms. The maximum Gasteiger partial charge on any atom is 0.267 e. The van der Waals surface area contributed by atoms with Gasteiger partial charge < -0.3 is 0 Å². The minimum Gasteiger partial charge on any atom is -0.264 e. The molecule has 0 saturated heterocycles. The first-order valence-corrected chi connectivity index (χ1v) is 10.2. The standard InChI is InChI=1S/C16H15N3O4S2/c20-24(21,18-12-14-5-4-9-17-11-14)16-8-10-19(13-16)25(22,23)15-6-2-1-3-7-15/h1-11,13,18H,12H2. The van der Waals surface area contributed by atoms with Crippen LogP contribution in [-0.2, 0) is 26.6 Å². The highest BCUT2D eigenvalue weighted by Crippen LogP contribution is 2.17. The Morgan fingerprint density at radius 3 is 2.36 bits per heavy atom. The second kappa shape index (κ2) is 6.79. The first kappa shape index (κ1) is 17.3. The summed E-state index contributed by atoms with van der Waals surface area (Å²) < 4.78 is 53.0. The Bertz CT molecular complexity index is 1060. The zero-order valence-electron chi connectivity index (χ0n) is 13.0. The van der Waals surface area contributed by atoms with E-state index < -0.39 is 20.0 Å². The van der Waals surface area contributed by atoms with Gasteiger partial charge in [-0.3, -0.25) is 4.98 Å². The zero-order chi connectivity index (χ0) is 17.9. The molecule has 2 heterocycles. The largest absolute Gasteiger partial charge is 0.267 e. The molecular weight excluding hydrogens is 362 g/mol. The number of hydrogen-bond acceptors (Lipinski definition) is 5. The van der Waals surface area contributed by atoms with Crippen molar-refractivity contribution in [1.82, 2.24) is 13.7 Å². The van der Waals surface area contributed by atoms with Gasteiger partial charge >= 0.3 is 0 Å². The van der Waals surface area contributed by atoms with Gasteiger partial charge in [-0.05, 0) is 29.8 Å². The second-order valence-corrected chi connectivity index (χ2v) is 8.79. The lowest BCUT2D eigenvalue weighted by atomic mass is 10.3. The van der Waals surface area contributed by atoms with Gasteiger partial charge in [-0.25, -0.2) is 25.5 Å². The van der Waals surface area contributed by atoms with Crippen molar-refractivity contribution in [3.8, 4) is 0 Å². The normalized spacial score (nSPS) is 12.2. The number of nitrogens with zero attached hydrogens (tertiary/aromatic N) is 2. The quantitative estimate of drug-likeness (QED) is 0.704. The van der Waals surface area contributed by atoms with Crippen LogP contribution in [-0.4, -0.2) is 25.8 Å². The summed E-state index contributed by atoms with van der Waals surface area (Å²) in [4.78, 5) is 3.86. The van der Waals surface area contributed by atoms with Gasteiger partial charge in [-0.2, -0.15) is 0 Å². The lowest BCUT2D eigenvalue weighted by Gasteiger charge is -2.06. The Kier molecular flexibility index (Phi) is 4.71. The van der Waals surface area contributed by atoms with Gasteiger partial charge in [-0.15, -0.1) is 0 Å². The van der Waals surface area contributed by atoms with Gasteiger partial charge in [0.15, 0.2) is 0 Å². The van der Waals surface area contributed by atoms with E-state index in [2.05, 4.69) is 9.71 Å². The highest BCUT2D eigenvalue weighted by molar-refractivity contribution is 7.90. The molecule has 7 nitrogen and oxygen atoms in total. The van der Waals surface area contributed by atoms with E-state index in [1.54, 1.807) is 42.7 Å². The number of hydrogen-bond donors (Lipinski definition) is 1. The molecule has 2 aromatic heterocycles. The summed E-state index contributed by atoms with van der Waals surface area (Å²) in [6, 6.07) is 12.5. The molecule has 0 unspecified atom stereocenters. The molecule has 0 saturated carbocycles. The fraction of sp³-hybridized carbons (Fsp3) is 0.0625. The number of pyridine rings is 1. The summed E-state index contributed by atoms with van der Waals surface area (Å²) >= 11 is 0. The summed E-state index contributed by atoms with van der Waals surface area (Å²) in [5, 5.41) is 0. The zero-order valence-corrected chi connectivity index (χ0v) is 14.6. The summed E-state index contributed by atoms with van der Waals surface area (Å²) in [5.74, 6) is 0. The van der Waals surface area contributed by atoms with Crippen molar-refractivity contribution in [3.05, 3.63) is 78.9 Å². The van der Waals surface area contributed by atoms with E-state index in [-0.39, 0.29) is 16.3 Å². The third kappa shape index (κ3) is 3.78. The monoisotopic (exact) mass is 377 g/mol. The molecule has 0 fully saturated rings. The number of nitrogens with one attached hydrogen (secondary N) is 1. The maximum absolute atomic E-state index is 12.5. The molecule has 9 heteroatoms. The molecule has 0 aliphatic heterocycles. The van der Waals surface area contributed by atoms with Crippen molar-refractivity contribution in [3.63, 3.8) is 0 Å². The molecule has 0 atom stereocenters. The van der Waals surface area contributed by atoms with E-state index in [9.17, 15) is 16.8 Å². The molecule has 0 amide bonds. The predicted molar refractivity (Wildman–Crippen MR) is 91.7 cm³/mol. The third-order valence-corrected chi connectivity index (χ3v) is 6.49. The van der Waals surface area contributed by atoms with Gasteiger partial charge in [0, 0.05) is 31.3 Å². The summed E-state index contributed by atoms with van der Waals surface area (Å²) in [5.41, 5.74) is 0.697. The molecule has 0 aliphatic rings. The van der Waals surface area contributed by atoms with Crippen LogP contribution in [0.1, 0.15) is 5.56 Å². The molecule has 130 valence electrons. The Hall–Kier alpha value is -2.49. The molecule has 1 aromatic carbocycles. The van der Waals surface area contributed by atoms with E-state index in [0.717, 1.165) is 10.2 Å². The topological polar surface area (TPSA) is 98.1 Å². The minimum absolute atomic E-state index is 0.0623. The molecule has 3 aromatic rings. The van der Waals surface area contributed by atoms with Crippen molar-refractivity contribution >= 4 is 20.0 Å². The van der Waals surface area contributed by atoms with Gasteiger partial charge in [0.1, 0.15) is 4.90 Å². The van der Waals surface area contributed by atoms with E-state index in [1.165, 1.54) is 24.4 Å². The van der Waals surface area contributed by atoms with E-state index in [1.807, 2.05) is 0 Å². The van der Waals surface area contributed by atoms with Crippen LogP contribution in [0.5, 0.6) is 0 Å². The van der Waals surface area contributed by atoms with Crippen LogP contribution in [0.4, 0.5) is 0 Å². The fourth-order valence-electron chi connectivity index (χ4n) is 2.15. The van der Waals surface area contributed by atoms with Crippen molar-refractivity contribution in [2.24, 2.45) is 0 Å². The number of benzene rings is 1. The molecule has 1 N–H and O–H groups in total. The Labute approximate surface area is 146 Å². The van der Waals surface area contributed by atoms with Gasteiger partial charge in [0.05, 0.1) is 4.90 Å². The first-order valence-electron chi connectivity index (χ1n) is 7.27. The van der Waals surface area contributed by atoms with Crippen molar-refractivity contribution in [1.29, 1.82) is 0 Å². The van der Waals surface area contributed by atoms with Gasteiger partial charge in [0.2, 0.25) is 10.0 Å². The van der Waals surface area contributed by atoms with E-state index in [0.29, 0.717) is 5.56 Å². The predicted octanol–water partition coefficient (Wildman–Crippen LogP) is 1.60. The second-order valence-electron chi connectivity index (χ2n) is 5.18. The molecule has 0 spiro atoms. The Balaban J connectivity index is 1.83. The molecule has 3 rings (SSSR count). The summed E-state index contributed by atoms with van der Waals surface area (Å²) in [7, 11) is -7.67. The van der Waals surface area contributed by atoms with Crippen molar-refractivity contribution < 1.29 is 16.8 Å². The van der Waals surface area contributed by atoms with Crippen molar-refractivity contribution in [2.45, 2.75) is 16.3 Å². The lowest BCUT2D eigenvalue weighted by molar-refractivity contribution is 0.581. The van der Waals surface area contributed by atoms with Crippen LogP contribution in [0.15, 0.2) is 83.1 Å². The number of sulfonamides is 1. The maximum atomic E-state index is 12.5. The molecular formula is C16H15N3O4S2. The van der Waals surface area contributed by atoms with Gasteiger partial charge in [0.25, 0.3) is 10.0 Å². The Morgan fingerprint density at radius 1 is 0.920 bits per heavy atom. The van der Waals surface area contributed by atoms with Crippen LogP contribution in [0.2, 0.25) is 0 Å². The smallest absolute Gasteiger partial charge is 0.264 e. The van der Waals surface area contributed by atoms with Crippen LogP contribution < -0.4 is 4.72 Å². The SMILES string of the molecule is O=S(=O)(NCc1cccnc1)c1ccn(S(=O)(=O)c2ccccc2)c1. The minimum atomic E-state index is -3.84. The van der Waals surface area contributed by atoms with Crippen LogP contribution >= 0.6 is 0 Å². The fourth-order valence-corrected chi connectivity index (χ4v) is 4.45. The highest BCUT2D eigenvalue weighted by Gasteiger charge is 2.21. The molecule has 0 bridgehead atoms. The average Bonchev–Trinajstić information content (AvgIpc) is 3.14. The van der Waals surface area contributed by atoms with E-state index in [4.69, 9.17) is 0 Å². The van der Waals surface area contributed by atoms with Gasteiger partial charge in [-0.1, -0.05) is 24.3 Å². The van der Waals surface area contributed by atoms with Crippen molar-refractivity contribution in [2.75, 3.05) is 0 Å². The lowest BCUT2D eigenvalue weighted by Crippen LogP contribution is -2.23. The third-order valence-electron chi connectivity index (χ3n) is 3.46. The van der Waals surface area contributed by atoms with Crippen LogP contribution in [0.25, 0.3) is 0 Å². The van der Waals surface area contributed by atoms with E-state index >= 15 is 0 Å². The summed E-state index contributed by atoms with van der Waals surface area (Å²) in [6.45, 7) is 0.0623.